The topological polar surface area (TPSA) is 56.7 Å². The number of nitrogen functional groups attached to an aromatic ring is 1. The van der Waals surface area contributed by atoms with Crippen LogP contribution in [0.15, 0.2) is 29.8 Å². The molecule has 5 heteroatoms. The molecule has 1 unspecified atom stereocenters. The summed E-state index contributed by atoms with van der Waals surface area (Å²) in [6, 6.07) is 6.18. The maximum atomic E-state index is 6.06. The van der Waals surface area contributed by atoms with Crippen molar-refractivity contribution < 1.29 is 0 Å². The van der Waals surface area contributed by atoms with Crippen molar-refractivity contribution in [2.45, 2.75) is 19.9 Å². The molecule has 3 aromatic rings. The van der Waals surface area contributed by atoms with Crippen LogP contribution in [0, 0.1) is 6.92 Å². The minimum atomic E-state index is 0.107. The van der Waals surface area contributed by atoms with Crippen molar-refractivity contribution in [3.05, 3.63) is 40.3 Å². The molecule has 4 nitrogen and oxygen atoms in total. The Hall–Kier alpha value is -1.88. The molecule has 2 N–H and O–H groups in total. The van der Waals surface area contributed by atoms with Crippen LogP contribution < -0.4 is 5.73 Å². The van der Waals surface area contributed by atoms with Gasteiger partial charge in [-0.1, -0.05) is 12.1 Å². The highest BCUT2D eigenvalue weighted by Crippen LogP contribution is 2.29. The van der Waals surface area contributed by atoms with Gasteiger partial charge < -0.3 is 10.3 Å². The minimum absolute atomic E-state index is 0.107. The molecular weight excluding hydrogens is 244 g/mol. The Morgan fingerprint density at radius 3 is 2.94 bits per heavy atom. The van der Waals surface area contributed by atoms with Crippen molar-refractivity contribution in [1.82, 2.24) is 14.5 Å². The fourth-order valence-electron chi connectivity index (χ4n) is 2.28. The normalized spacial score (nSPS) is 13.0. The van der Waals surface area contributed by atoms with Crippen LogP contribution in [0.3, 0.4) is 0 Å². The number of thiazole rings is 1. The number of fused-ring (bicyclic) bond motifs is 1. The Balaban J connectivity index is 2.25. The first kappa shape index (κ1) is 11.2. The van der Waals surface area contributed by atoms with Gasteiger partial charge in [0.25, 0.3) is 0 Å². The second-order valence-electron chi connectivity index (χ2n) is 4.33. The van der Waals surface area contributed by atoms with E-state index in [9.17, 15) is 0 Å². The number of aromatic nitrogens is 3. The molecule has 3 rings (SSSR count). The molecule has 0 aliphatic heterocycles. The lowest BCUT2D eigenvalue weighted by atomic mass is 10.2. The van der Waals surface area contributed by atoms with Crippen LogP contribution in [0.1, 0.15) is 23.5 Å². The average molecular weight is 258 g/mol. The Labute approximate surface area is 109 Å². The first-order valence-corrected chi connectivity index (χ1v) is 6.69. The standard InChI is InChI=1S/C13H14N4S/c1-8-4-3-5-10-11(8)17(13(14)16-10)9(2)12-15-6-7-18-12/h3-7,9H,1-2H3,(H2,14,16). The molecule has 0 aliphatic carbocycles. The number of imidazole rings is 1. The SMILES string of the molecule is Cc1cccc2nc(N)n(C(C)c3nccs3)c12. The fraction of sp³-hybridized carbons (Fsp3) is 0.231. The third-order valence-corrected chi connectivity index (χ3v) is 4.08. The molecule has 2 heterocycles. The van der Waals surface area contributed by atoms with Crippen LogP contribution in [-0.2, 0) is 0 Å². The van der Waals surface area contributed by atoms with Crippen LogP contribution in [0.2, 0.25) is 0 Å². The van der Waals surface area contributed by atoms with Crippen molar-refractivity contribution in [3.8, 4) is 0 Å². The zero-order chi connectivity index (χ0) is 12.7. The van der Waals surface area contributed by atoms with Gasteiger partial charge in [-0.3, -0.25) is 0 Å². The van der Waals surface area contributed by atoms with Crippen LogP contribution >= 0.6 is 11.3 Å². The number of hydrogen-bond donors (Lipinski definition) is 1. The van der Waals surface area contributed by atoms with E-state index in [1.165, 1.54) is 5.56 Å². The lowest BCUT2D eigenvalue weighted by molar-refractivity contribution is 0.661. The molecule has 1 aromatic carbocycles. The summed E-state index contributed by atoms with van der Waals surface area (Å²) in [5.41, 5.74) is 9.27. The van der Waals surface area contributed by atoms with E-state index < -0.39 is 0 Å². The largest absolute Gasteiger partial charge is 0.369 e. The smallest absolute Gasteiger partial charge is 0.201 e. The molecule has 1 atom stereocenters. The van der Waals surface area contributed by atoms with Gasteiger partial charge >= 0.3 is 0 Å². The Bertz CT molecular complexity index is 684. The zero-order valence-electron chi connectivity index (χ0n) is 10.3. The molecule has 2 aromatic heterocycles. The summed E-state index contributed by atoms with van der Waals surface area (Å²) in [7, 11) is 0. The predicted octanol–water partition coefficient (Wildman–Crippen LogP) is 2.99. The molecule has 0 spiro atoms. The molecule has 92 valence electrons. The Kier molecular flexibility index (Phi) is 2.56. The van der Waals surface area contributed by atoms with Gasteiger partial charge in [0.1, 0.15) is 5.01 Å². The van der Waals surface area contributed by atoms with Crippen molar-refractivity contribution in [1.29, 1.82) is 0 Å². The molecule has 0 fully saturated rings. The second kappa shape index (κ2) is 4.10. The van der Waals surface area contributed by atoms with Crippen LogP contribution in [-0.4, -0.2) is 14.5 Å². The number of nitrogens with two attached hydrogens (primary N) is 1. The lowest BCUT2D eigenvalue weighted by Gasteiger charge is -2.14. The van der Waals surface area contributed by atoms with Gasteiger partial charge in [-0.2, -0.15) is 0 Å². The number of aryl methyl sites for hydroxylation is 1. The van der Waals surface area contributed by atoms with Crippen molar-refractivity contribution in [2.24, 2.45) is 0 Å². The summed E-state index contributed by atoms with van der Waals surface area (Å²) < 4.78 is 2.06. The Morgan fingerprint density at radius 1 is 1.39 bits per heavy atom. The first-order chi connectivity index (χ1) is 8.68. The van der Waals surface area contributed by atoms with Crippen molar-refractivity contribution in [2.75, 3.05) is 5.73 Å². The molecule has 0 amide bonds. The summed E-state index contributed by atoms with van der Waals surface area (Å²) in [5.74, 6) is 0.544. The third-order valence-electron chi connectivity index (χ3n) is 3.14. The maximum Gasteiger partial charge on any atom is 0.201 e. The van der Waals surface area contributed by atoms with E-state index in [-0.39, 0.29) is 6.04 Å². The van der Waals surface area contributed by atoms with E-state index in [1.807, 2.05) is 23.7 Å². The monoisotopic (exact) mass is 258 g/mol. The average Bonchev–Trinajstić information content (AvgIpc) is 2.95. The van der Waals surface area contributed by atoms with Gasteiger partial charge in [0, 0.05) is 11.6 Å². The molecule has 0 aliphatic rings. The third kappa shape index (κ3) is 1.59. The molecule has 0 saturated carbocycles. The highest BCUT2D eigenvalue weighted by Gasteiger charge is 2.18. The van der Waals surface area contributed by atoms with Gasteiger partial charge in [0.15, 0.2) is 0 Å². The number of benzene rings is 1. The molecular formula is C13H14N4S. The van der Waals surface area contributed by atoms with E-state index in [2.05, 4.69) is 34.4 Å². The zero-order valence-corrected chi connectivity index (χ0v) is 11.1. The van der Waals surface area contributed by atoms with E-state index in [0.717, 1.165) is 16.0 Å². The quantitative estimate of drug-likeness (QED) is 0.768. The maximum absolute atomic E-state index is 6.06. The van der Waals surface area contributed by atoms with Gasteiger partial charge in [0.05, 0.1) is 17.1 Å². The van der Waals surface area contributed by atoms with E-state index in [4.69, 9.17) is 5.73 Å². The van der Waals surface area contributed by atoms with Crippen molar-refractivity contribution >= 4 is 28.3 Å². The highest BCUT2D eigenvalue weighted by atomic mass is 32.1. The minimum Gasteiger partial charge on any atom is -0.369 e. The highest BCUT2D eigenvalue weighted by molar-refractivity contribution is 7.09. The molecule has 0 bridgehead atoms. The number of para-hydroxylation sites is 1. The van der Waals surface area contributed by atoms with Gasteiger partial charge in [-0.25, -0.2) is 9.97 Å². The summed E-state index contributed by atoms with van der Waals surface area (Å²) in [6.45, 7) is 4.18. The summed E-state index contributed by atoms with van der Waals surface area (Å²) in [5, 5.41) is 3.03. The van der Waals surface area contributed by atoms with Gasteiger partial charge in [-0.15, -0.1) is 11.3 Å². The summed E-state index contributed by atoms with van der Waals surface area (Å²) in [4.78, 5) is 8.79. The number of nitrogens with zero attached hydrogens (tertiary/aromatic N) is 3. The second-order valence-corrected chi connectivity index (χ2v) is 5.26. The van der Waals surface area contributed by atoms with Gasteiger partial charge in [0.2, 0.25) is 5.95 Å². The van der Waals surface area contributed by atoms with Crippen molar-refractivity contribution in [3.63, 3.8) is 0 Å². The first-order valence-electron chi connectivity index (χ1n) is 5.81. The molecule has 18 heavy (non-hydrogen) atoms. The van der Waals surface area contributed by atoms with E-state index >= 15 is 0 Å². The van der Waals surface area contributed by atoms with Crippen LogP contribution in [0.25, 0.3) is 11.0 Å². The van der Waals surface area contributed by atoms with E-state index in [0.29, 0.717) is 5.95 Å². The van der Waals surface area contributed by atoms with Gasteiger partial charge in [-0.05, 0) is 25.5 Å². The summed E-state index contributed by atoms with van der Waals surface area (Å²) in [6.07, 6.45) is 1.82. The molecule has 0 saturated heterocycles. The van der Waals surface area contributed by atoms with Crippen LogP contribution in [0.4, 0.5) is 5.95 Å². The number of hydrogen-bond acceptors (Lipinski definition) is 4. The lowest BCUT2D eigenvalue weighted by Crippen LogP contribution is -2.10. The number of rotatable bonds is 2. The molecule has 0 radical (unpaired) electrons. The number of anilines is 1. The van der Waals surface area contributed by atoms with E-state index in [1.54, 1.807) is 11.3 Å². The summed E-state index contributed by atoms with van der Waals surface area (Å²) >= 11 is 1.64. The van der Waals surface area contributed by atoms with Crippen LogP contribution in [0.5, 0.6) is 0 Å². The predicted molar refractivity (Wildman–Crippen MR) is 74.8 cm³/mol. The Morgan fingerprint density at radius 2 is 2.22 bits per heavy atom. The fourth-order valence-corrected chi connectivity index (χ4v) is 2.97.